The zero-order chi connectivity index (χ0) is 27.7. The van der Waals surface area contributed by atoms with Crippen molar-refractivity contribution in [1.29, 1.82) is 0 Å². The molecule has 1 aliphatic rings. The molecule has 1 fully saturated rings. The molecule has 0 radical (unpaired) electrons. The summed E-state index contributed by atoms with van der Waals surface area (Å²) in [5.74, 6) is -0.237. The number of amides is 1. The first-order valence-corrected chi connectivity index (χ1v) is 14.8. The van der Waals surface area contributed by atoms with Gasteiger partial charge in [-0.15, -0.1) is 0 Å². The van der Waals surface area contributed by atoms with Gasteiger partial charge in [0.1, 0.15) is 10.3 Å². The molecule has 2 N–H and O–H groups in total. The zero-order valence-corrected chi connectivity index (χ0v) is 23.0. The van der Waals surface area contributed by atoms with Gasteiger partial charge in [-0.3, -0.25) is 10.1 Å². The lowest BCUT2D eigenvalue weighted by atomic mass is 10.1. The van der Waals surface area contributed by atoms with Crippen LogP contribution in [0, 0.1) is 0 Å². The maximum absolute atomic E-state index is 13.3. The fourth-order valence-corrected chi connectivity index (χ4v) is 5.72. The second-order valence-electron chi connectivity index (χ2n) is 8.59. The van der Waals surface area contributed by atoms with E-state index in [1.54, 1.807) is 12.1 Å². The number of nitrogens with one attached hydrogen (secondary N) is 1. The Kier molecular flexibility index (Phi) is 10.2. The number of hydrogen-bond donors (Lipinski definition) is 2. The smallest absolute Gasteiger partial charge is 0.280 e. The lowest BCUT2D eigenvalue weighted by Gasteiger charge is -2.10. The molecule has 0 aliphatic carbocycles. The molecule has 1 aliphatic heterocycles. The molecule has 210 valence electrons. The Labute approximate surface area is 229 Å². The van der Waals surface area contributed by atoms with E-state index in [0.29, 0.717) is 72.6 Å². The molecule has 3 aromatic rings. The fraction of sp³-hybridized carbons (Fsp3) is 0.440. The molecule has 1 atom stereocenters. The van der Waals surface area contributed by atoms with E-state index in [4.69, 9.17) is 24.2 Å². The lowest BCUT2D eigenvalue weighted by molar-refractivity contribution is -0.110. The Morgan fingerprint density at radius 3 is 2.72 bits per heavy atom. The highest BCUT2D eigenvalue weighted by Gasteiger charge is 2.22. The van der Waals surface area contributed by atoms with Gasteiger partial charge in [0, 0.05) is 44.8 Å². The maximum atomic E-state index is 13.3. The second kappa shape index (κ2) is 13.8. The number of anilines is 1. The van der Waals surface area contributed by atoms with Crippen molar-refractivity contribution < 1.29 is 37.4 Å². The number of oxime groups is 1. The number of rotatable bonds is 14. The topological polar surface area (TPSA) is 159 Å². The van der Waals surface area contributed by atoms with Crippen LogP contribution in [0.3, 0.4) is 0 Å². The highest BCUT2D eigenvalue weighted by Crippen LogP contribution is 2.27. The van der Waals surface area contributed by atoms with Crippen molar-refractivity contribution in [1.82, 2.24) is 9.97 Å². The Bertz CT molecular complexity index is 1390. The number of ether oxygens (including phenoxy) is 3. The molecular formula is C25H30N4O8S2. The largest absolute Gasteiger partial charge is 0.478 e. The third kappa shape index (κ3) is 7.92. The number of hydrogen-bond acceptors (Lipinski definition) is 12. The molecule has 2 aromatic heterocycles. The van der Waals surface area contributed by atoms with Crippen LogP contribution in [0.1, 0.15) is 24.8 Å². The van der Waals surface area contributed by atoms with Crippen molar-refractivity contribution in [2.24, 2.45) is 5.16 Å². The minimum absolute atomic E-state index is 0.0211. The van der Waals surface area contributed by atoms with Crippen LogP contribution in [0.4, 0.5) is 5.13 Å². The van der Waals surface area contributed by atoms with Gasteiger partial charge in [-0.25, -0.2) is 18.4 Å². The number of methoxy groups -OCH3 is 1. The molecule has 14 heteroatoms. The van der Waals surface area contributed by atoms with Crippen LogP contribution in [0.2, 0.25) is 0 Å². The number of thiazole rings is 1. The SMILES string of the molecule is COCCCS(=O)(=O)c1ccc(C(=NO[C@@H]2CCOC2)C(=O)Nc2nc3ccc(OCCCO)nc3s2)cc1. The Hall–Kier alpha value is -3.17. The Morgan fingerprint density at radius 2 is 2.00 bits per heavy atom. The minimum Gasteiger partial charge on any atom is -0.478 e. The molecular weight excluding hydrogens is 548 g/mol. The summed E-state index contributed by atoms with van der Waals surface area (Å²) in [7, 11) is -1.98. The van der Waals surface area contributed by atoms with Crippen molar-refractivity contribution in [3.63, 3.8) is 0 Å². The van der Waals surface area contributed by atoms with Crippen molar-refractivity contribution in [2.45, 2.75) is 30.3 Å². The number of sulfone groups is 1. The van der Waals surface area contributed by atoms with Crippen LogP contribution in [-0.2, 0) is 28.9 Å². The Balaban J connectivity index is 1.53. The zero-order valence-electron chi connectivity index (χ0n) is 21.4. The third-order valence-electron chi connectivity index (χ3n) is 5.65. The van der Waals surface area contributed by atoms with Gasteiger partial charge >= 0.3 is 0 Å². The highest BCUT2D eigenvalue weighted by atomic mass is 32.2. The second-order valence-corrected chi connectivity index (χ2v) is 11.7. The van der Waals surface area contributed by atoms with Crippen LogP contribution in [-0.4, -0.2) is 87.1 Å². The molecule has 39 heavy (non-hydrogen) atoms. The maximum Gasteiger partial charge on any atom is 0.280 e. The number of nitrogens with zero attached hydrogens (tertiary/aromatic N) is 3. The summed E-state index contributed by atoms with van der Waals surface area (Å²) < 4.78 is 41.0. The summed E-state index contributed by atoms with van der Waals surface area (Å²) >= 11 is 1.16. The molecule has 1 amide bonds. The molecule has 0 bridgehead atoms. The number of carbonyl (C=O) groups is 1. The van der Waals surface area contributed by atoms with Gasteiger partial charge in [0.2, 0.25) is 5.88 Å². The minimum atomic E-state index is -3.50. The van der Waals surface area contributed by atoms with Crippen molar-refractivity contribution in [3.05, 3.63) is 42.0 Å². The van der Waals surface area contributed by atoms with Crippen molar-refractivity contribution in [2.75, 3.05) is 51.2 Å². The molecule has 0 unspecified atom stereocenters. The van der Waals surface area contributed by atoms with Crippen molar-refractivity contribution >= 4 is 48.3 Å². The summed E-state index contributed by atoms with van der Waals surface area (Å²) in [5.41, 5.74) is 0.914. The molecule has 4 rings (SSSR count). The van der Waals surface area contributed by atoms with Crippen LogP contribution in [0.5, 0.6) is 5.88 Å². The van der Waals surface area contributed by atoms with Crippen LogP contribution in [0.15, 0.2) is 46.4 Å². The van der Waals surface area contributed by atoms with E-state index >= 15 is 0 Å². The van der Waals surface area contributed by atoms with E-state index in [9.17, 15) is 13.2 Å². The van der Waals surface area contributed by atoms with Gasteiger partial charge in [0.15, 0.2) is 26.8 Å². The predicted molar refractivity (Wildman–Crippen MR) is 145 cm³/mol. The first-order chi connectivity index (χ1) is 18.9. The summed E-state index contributed by atoms with van der Waals surface area (Å²) in [6, 6.07) is 9.32. The quantitative estimate of drug-likeness (QED) is 0.165. The van der Waals surface area contributed by atoms with E-state index in [0.717, 1.165) is 11.3 Å². The fourth-order valence-electron chi connectivity index (χ4n) is 3.61. The van der Waals surface area contributed by atoms with Crippen LogP contribution < -0.4 is 10.1 Å². The van der Waals surface area contributed by atoms with Gasteiger partial charge in [0.05, 0.1) is 30.5 Å². The first-order valence-electron chi connectivity index (χ1n) is 12.4. The monoisotopic (exact) mass is 578 g/mol. The van der Waals surface area contributed by atoms with Gasteiger partial charge in [0.25, 0.3) is 5.91 Å². The number of pyridine rings is 1. The molecule has 0 saturated carbocycles. The average molecular weight is 579 g/mol. The van der Waals surface area contributed by atoms with Crippen molar-refractivity contribution in [3.8, 4) is 5.88 Å². The first kappa shape index (κ1) is 28.8. The van der Waals surface area contributed by atoms with Gasteiger partial charge < -0.3 is 24.2 Å². The summed E-state index contributed by atoms with van der Waals surface area (Å²) in [6.45, 7) is 1.60. The van der Waals surface area contributed by atoms with Gasteiger partial charge in [-0.05, 0) is 24.6 Å². The molecule has 1 aromatic carbocycles. The van der Waals surface area contributed by atoms with E-state index < -0.39 is 15.7 Å². The lowest BCUT2D eigenvalue weighted by Crippen LogP contribution is -2.25. The standard InChI is InChI=1S/C25H30N4O8S2/c1-34-12-3-15-39(32,33)19-6-4-17(5-7-19)22(29-37-18-10-14-35-16-18)23(31)28-25-26-20-8-9-21(27-24(20)38-25)36-13-2-11-30/h4-9,18,30H,2-3,10-16H2,1H3,(H,26,28,31)/t18-/m1/s1. The van der Waals surface area contributed by atoms with E-state index in [2.05, 4.69) is 20.4 Å². The highest BCUT2D eigenvalue weighted by molar-refractivity contribution is 7.91. The van der Waals surface area contributed by atoms with E-state index in [1.165, 1.54) is 31.4 Å². The molecule has 0 spiro atoms. The third-order valence-corrected chi connectivity index (χ3v) is 8.34. The van der Waals surface area contributed by atoms with Gasteiger partial charge in [-0.2, -0.15) is 0 Å². The summed E-state index contributed by atoms with van der Waals surface area (Å²) in [6.07, 6.45) is 1.22. The van der Waals surface area contributed by atoms with E-state index in [-0.39, 0.29) is 29.1 Å². The molecule has 1 saturated heterocycles. The Morgan fingerprint density at radius 1 is 1.18 bits per heavy atom. The molecule has 12 nitrogen and oxygen atoms in total. The number of aliphatic hydroxyl groups excluding tert-OH is 1. The summed E-state index contributed by atoms with van der Waals surface area (Å²) in [5, 5.41) is 16.1. The number of aromatic nitrogens is 2. The van der Waals surface area contributed by atoms with Gasteiger partial charge in [-0.1, -0.05) is 28.6 Å². The number of aliphatic hydroxyl groups is 1. The molecule has 3 heterocycles. The summed E-state index contributed by atoms with van der Waals surface area (Å²) in [4.78, 5) is 28.4. The predicted octanol–water partition coefficient (Wildman–Crippen LogP) is 2.41. The number of carbonyl (C=O) groups excluding carboxylic acids is 1. The number of benzene rings is 1. The van der Waals surface area contributed by atoms with Crippen LogP contribution in [0.25, 0.3) is 10.3 Å². The van der Waals surface area contributed by atoms with E-state index in [1.807, 2.05) is 0 Å². The number of fused-ring (bicyclic) bond motifs is 1. The van der Waals surface area contributed by atoms with Crippen LogP contribution >= 0.6 is 11.3 Å². The normalized spacial score (nSPS) is 15.9. The average Bonchev–Trinajstić information content (AvgIpc) is 3.59.